The molecule has 11 heteroatoms. The first-order chi connectivity index (χ1) is 13.0. The van der Waals surface area contributed by atoms with E-state index in [1.807, 2.05) is 0 Å². The van der Waals surface area contributed by atoms with Crippen LogP contribution in [0.1, 0.15) is 19.3 Å². The summed E-state index contributed by atoms with van der Waals surface area (Å²) in [5, 5.41) is 17.8. The normalized spacial score (nSPS) is 25.2. The molecule has 158 valence electrons. The topological polar surface area (TPSA) is 123 Å². The number of nitro benzene ring substituents is 1. The first-order valence-corrected chi connectivity index (χ1v) is 10.7. The third kappa shape index (κ3) is 5.85. The van der Waals surface area contributed by atoms with Gasteiger partial charge < -0.3 is 15.4 Å². The number of sulfonamides is 1. The standard InChI is InChI=1S/C17H26N4O5S.ClH/c22-21(23)13-3-1-4-14(11-13)27(24,25)20-8-7-18-16-6-2-5-15(16)17-12-26-10-9-19-17;/h1,3-4,11,15-20H,2,5-10,12H2;1H. The highest BCUT2D eigenvalue weighted by Gasteiger charge is 2.34. The van der Waals surface area contributed by atoms with Gasteiger partial charge in [0.05, 0.1) is 23.0 Å². The smallest absolute Gasteiger partial charge is 0.270 e. The van der Waals surface area contributed by atoms with E-state index in [9.17, 15) is 18.5 Å². The first-order valence-electron chi connectivity index (χ1n) is 9.26. The summed E-state index contributed by atoms with van der Waals surface area (Å²) in [6, 6.07) is 5.74. The van der Waals surface area contributed by atoms with Crippen molar-refractivity contribution in [3.05, 3.63) is 34.4 Å². The average Bonchev–Trinajstić information content (AvgIpc) is 3.14. The molecular weight excluding hydrogens is 408 g/mol. The largest absolute Gasteiger partial charge is 0.379 e. The fourth-order valence-electron chi connectivity index (χ4n) is 3.87. The third-order valence-electron chi connectivity index (χ3n) is 5.20. The van der Waals surface area contributed by atoms with Crippen LogP contribution in [-0.2, 0) is 14.8 Å². The average molecular weight is 435 g/mol. The molecule has 0 aromatic heterocycles. The molecule has 0 spiro atoms. The monoisotopic (exact) mass is 434 g/mol. The highest BCUT2D eigenvalue weighted by atomic mass is 35.5. The van der Waals surface area contributed by atoms with Crippen LogP contribution in [0.25, 0.3) is 0 Å². The minimum absolute atomic E-state index is 0. The van der Waals surface area contributed by atoms with Crippen molar-refractivity contribution in [3.63, 3.8) is 0 Å². The van der Waals surface area contributed by atoms with Crippen LogP contribution in [0.5, 0.6) is 0 Å². The van der Waals surface area contributed by atoms with Crippen LogP contribution in [-0.4, -0.2) is 58.3 Å². The van der Waals surface area contributed by atoms with Gasteiger partial charge >= 0.3 is 0 Å². The number of nitro groups is 1. The van der Waals surface area contributed by atoms with Crippen LogP contribution < -0.4 is 15.4 Å². The van der Waals surface area contributed by atoms with Crippen molar-refractivity contribution in [2.24, 2.45) is 5.92 Å². The van der Waals surface area contributed by atoms with Crippen molar-refractivity contribution in [2.75, 3.05) is 32.8 Å². The van der Waals surface area contributed by atoms with E-state index in [0.717, 1.165) is 45.1 Å². The van der Waals surface area contributed by atoms with Gasteiger partial charge in [0.25, 0.3) is 5.69 Å². The van der Waals surface area contributed by atoms with Gasteiger partial charge in [0.2, 0.25) is 10.0 Å². The highest BCUT2D eigenvalue weighted by Crippen LogP contribution is 2.29. The number of benzene rings is 1. The minimum atomic E-state index is -3.77. The number of halogens is 1. The fraction of sp³-hybridized carbons (Fsp3) is 0.647. The molecule has 1 saturated heterocycles. The van der Waals surface area contributed by atoms with Crippen LogP contribution >= 0.6 is 12.4 Å². The lowest BCUT2D eigenvalue weighted by atomic mass is 9.94. The van der Waals surface area contributed by atoms with Gasteiger partial charge in [0, 0.05) is 43.9 Å². The summed E-state index contributed by atoms with van der Waals surface area (Å²) < 4.78 is 32.7. The molecule has 1 aromatic rings. The van der Waals surface area contributed by atoms with Crippen LogP contribution in [0.2, 0.25) is 0 Å². The Labute approximate surface area is 171 Å². The van der Waals surface area contributed by atoms with Crippen LogP contribution in [0.3, 0.4) is 0 Å². The number of hydrogen-bond acceptors (Lipinski definition) is 7. The lowest BCUT2D eigenvalue weighted by Gasteiger charge is -2.33. The van der Waals surface area contributed by atoms with E-state index in [1.54, 1.807) is 0 Å². The summed E-state index contributed by atoms with van der Waals surface area (Å²) >= 11 is 0. The van der Waals surface area contributed by atoms with Gasteiger partial charge in [-0.15, -0.1) is 12.4 Å². The number of hydrogen-bond donors (Lipinski definition) is 3. The zero-order chi connectivity index (χ0) is 19.3. The maximum atomic E-state index is 12.3. The quantitative estimate of drug-likeness (QED) is 0.317. The van der Waals surface area contributed by atoms with Crippen molar-refractivity contribution in [1.29, 1.82) is 0 Å². The van der Waals surface area contributed by atoms with Crippen molar-refractivity contribution in [2.45, 2.75) is 36.2 Å². The first kappa shape index (κ1) is 23.0. The molecule has 28 heavy (non-hydrogen) atoms. The molecule has 0 radical (unpaired) electrons. The maximum Gasteiger partial charge on any atom is 0.270 e. The molecule has 1 aliphatic carbocycles. The Kier molecular flexibility index (Phi) is 8.59. The Balaban J connectivity index is 0.00000280. The predicted octanol–water partition coefficient (Wildman–Crippen LogP) is 1.04. The summed E-state index contributed by atoms with van der Waals surface area (Å²) in [6.07, 6.45) is 3.36. The lowest BCUT2D eigenvalue weighted by molar-refractivity contribution is -0.385. The molecule has 2 fully saturated rings. The highest BCUT2D eigenvalue weighted by molar-refractivity contribution is 7.89. The second-order valence-corrected chi connectivity index (χ2v) is 8.71. The van der Waals surface area contributed by atoms with E-state index >= 15 is 0 Å². The molecule has 3 atom stereocenters. The van der Waals surface area contributed by atoms with Crippen molar-refractivity contribution in [1.82, 2.24) is 15.4 Å². The van der Waals surface area contributed by atoms with Crippen molar-refractivity contribution in [3.8, 4) is 0 Å². The van der Waals surface area contributed by atoms with Gasteiger partial charge in [-0.25, -0.2) is 13.1 Å². The molecule has 3 unspecified atom stereocenters. The van der Waals surface area contributed by atoms with Gasteiger partial charge in [-0.1, -0.05) is 12.5 Å². The Morgan fingerprint density at radius 2 is 2.11 bits per heavy atom. The van der Waals surface area contributed by atoms with Crippen LogP contribution in [0.4, 0.5) is 5.69 Å². The molecule has 2 aliphatic rings. The Bertz CT molecular complexity index is 758. The zero-order valence-corrected chi connectivity index (χ0v) is 17.1. The molecule has 0 bridgehead atoms. The molecule has 1 aromatic carbocycles. The second kappa shape index (κ2) is 10.5. The van der Waals surface area contributed by atoms with Crippen LogP contribution in [0.15, 0.2) is 29.2 Å². The molecule has 9 nitrogen and oxygen atoms in total. The number of nitrogens with zero attached hydrogens (tertiary/aromatic N) is 1. The van der Waals surface area contributed by atoms with Gasteiger partial charge in [0.15, 0.2) is 0 Å². The lowest BCUT2D eigenvalue weighted by Crippen LogP contribution is -2.51. The SMILES string of the molecule is Cl.O=[N+]([O-])c1cccc(S(=O)(=O)NCCNC2CCCC2C2COCCN2)c1. The van der Waals surface area contributed by atoms with Gasteiger partial charge in [-0.05, 0) is 24.8 Å². The summed E-state index contributed by atoms with van der Waals surface area (Å²) in [5.74, 6) is 0.485. The second-order valence-electron chi connectivity index (χ2n) is 6.94. The summed E-state index contributed by atoms with van der Waals surface area (Å²) in [4.78, 5) is 10.1. The van der Waals surface area contributed by atoms with Crippen molar-refractivity contribution < 1.29 is 18.1 Å². The molecule has 3 N–H and O–H groups in total. The maximum absolute atomic E-state index is 12.3. The number of nitrogens with one attached hydrogen (secondary N) is 3. The Morgan fingerprint density at radius 1 is 1.29 bits per heavy atom. The molecule has 1 aliphatic heterocycles. The number of morpholine rings is 1. The molecule has 3 rings (SSSR count). The zero-order valence-electron chi connectivity index (χ0n) is 15.5. The number of ether oxygens (including phenoxy) is 1. The minimum Gasteiger partial charge on any atom is -0.379 e. The summed E-state index contributed by atoms with van der Waals surface area (Å²) in [7, 11) is -3.77. The number of rotatable bonds is 8. The van der Waals surface area contributed by atoms with Gasteiger partial charge in [-0.2, -0.15) is 0 Å². The third-order valence-corrected chi connectivity index (χ3v) is 6.66. The summed E-state index contributed by atoms with van der Waals surface area (Å²) in [6.45, 7) is 3.08. The number of non-ortho nitro benzene ring substituents is 1. The van der Waals surface area contributed by atoms with Crippen molar-refractivity contribution >= 4 is 28.1 Å². The van der Waals surface area contributed by atoms with E-state index in [-0.39, 0.29) is 29.5 Å². The van der Waals surface area contributed by atoms with Gasteiger partial charge in [0.1, 0.15) is 0 Å². The van der Waals surface area contributed by atoms with E-state index in [4.69, 9.17) is 4.74 Å². The predicted molar refractivity (Wildman–Crippen MR) is 107 cm³/mol. The van der Waals surface area contributed by atoms with E-state index in [2.05, 4.69) is 15.4 Å². The van der Waals surface area contributed by atoms with E-state index in [0.29, 0.717) is 24.5 Å². The fourth-order valence-corrected chi connectivity index (χ4v) is 4.95. The molecule has 0 amide bonds. The Morgan fingerprint density at radius 3 is 2.82 bits per heavy atom. The molecule has 1 heterocycles. The van der Waals surface area contributed by atoms with E-state index < -0.39 is 14.9 Å². The summed E-state index contributed by atoms with van der Waals surface area (Å²) in [5.41, 5.74) is -0.244. The van der Waals surface area contributed by atoms with Crippen LogP contribution in [0, 0.1) is 16.0 Å². The van der Waals surface area contributed by atoms with E-state index in [1.165, 1.54) is 18.2 Å². The molecule has 1 saturated carbocycles. The Hall–Kier alpha value is -1.30. The molecular formula is C17H27ClN4O5S. The van der Waals surface area contributed by atoms with Gasteiger partial charge in [-0.3, -0.25) is 10.1 Å².